The second-order valence-electron chi connectivity index (χ2n) is 6.59. The lowest BCUT2D eigenvalue weighted by molar-refractivity contribution is 0.102. The molecule has 0 radical (unpaired) electrons. The van der Waals surface area contributed by atoms with Crippen LogP contribution >= 0.6 is 0 Å². The monoisotopic (exact) mass is 399 g/mol. The van der Waals surface area contributed by atoms with E-state index in [1.807, 2.05) is 0 Å². The van der Waals surface area contributed by atoms with Gasteiger partial charge in [0, 0.05) is 22.2 Å². The second-order valence-corrected chi connectivity index (χ2v) is 6.59. The molecule has 7 nitrogen and oxygen atoms in total. The first kappa shape index (κ1) is 18.9. The molecule has 0 aliphatic carbocycles. The molecule has 4 aromatic rings. The summed E-state index contributed by atoms with van der Waals surface area (Å²) < 4.78 is 0.816. The van der Waals surface area contributed by atoms with E-state index >= 15 is 0 Å². The highest BCUT2D eigenvalue weighted by molar-refractivity contribution is 6.24. The lowest BCUT2D eigenvalue weighted by Crippen LogP contribution is -2.19. The molecule has 2 amide bonds. The Bertz CT molecular complexity index is 1280. The summed E-state index contributed by atoms with van der Waals surface area (Å²) in [6.07, 6.45) is 0. The zero-order valence-corrected chi connectivity index (χ0v) is 15.7. The number of ketones is 1. The van der Waals surface area contributed by atoms with Crippen LogP contribution in [0.3, 0.4) is 0 Å². The number of para-hydroxylation sites is 1. The predicted octanol–water partition coefficient (Wildman–Crippen LogP) is 3.76. The van der Waals surface area contributed by atoms with Crippen LogP contribution in [0.5, 0.6) is 5.88 Å². The van der Waals surface area contributed by atoms with Crippen LogP contribution in [0.15, 0.2) is 78.9 Å². The lowest BCUT2D eigenvalue weighted by Gasteiger charge is -2.07. The molecule has 30 heavy (non-hydrogen) atoms. The van der Waals surface area contributed by atoms with E-state index in [9.17, 15) is 19.5 Å². The van der Waals surface area contributed by atoms with Crippen molar-refractivity contribution in [3.63, 3.8) is 0 Å². The molecular weight excluding hydrogens is 382 g/mol. The molecule has 0 fully saturated rings. The molecule has 3 aromatic carbocycles. The van der Waals surface area contributed by atoms with E-state index in [0.29, 0.717) is 11.3 Å². The highest BCUT2D eigenvalue weighted by Crippen LogP contribution is 2.35. The van der Waals surface area contributed by atoms with Gasteiger partial charge in [-0.2, -0.15) is 0 Å². The van der Waals surface area contributed by atoms with Gasteiger partial charge >= 0.3 is 6.03 Å². The zero-order chi connectivity index (χ0) is 21.3. The largest absolute Gasteiger partial charge is 0.494 e. The summed E-state index contributed by atoms with van der Waals surface area (Å²) >= 11 is 0. The number of amides is 2. The van der Waals surface area contributed by atoms with E-state index in [4.69, 9.17) is 5.73 Å². The van der Waals surface area contributed by atoms with Crippen molar-refractivity contribution < 1.29 is 19.5 Å². The third-order valence-corrected chi connectivity index (χ3v) is 4.73. The number of nitrogens with one attached hydrogen (secondary N) is 1. The maximum absolute atomic E-state index is 13.1. The Hall–Kier alpha value is -4.39. The van der Waals surface area contributed by atoms with Gasteiger partial charge in [-0.1, -0.05) is 60.7 Å². The fraction of sp³-hybridized carbons (Fsp3) is 0. The van der Waals surface area contributed by atoms with E-state index in [1.165, 1.54) is 6.07 Å². The number of fused-ring (bicyclic) bond motifs is 1. The number of nitrogens with two attached hydrogens (primary N) is 1. The van der Waals surface area contributed by atoms with E-state index in [0.717, 1.165) is 4.57 Å². The van der Waals surface area contributed by atoms with E-state index < -0.39 is 17.8 Å². The van der Waals surface area contributed by atoms with Gasteiger partial charge in [-0.25, -0.2) is 9.36 Å². The van der Waals surface area contributed by atoms with Crippen LogP contribution in [0.1, 0.15) is 26.3 Å². The standard InChI is InChI=1S/C23H17N3O4/c24-23(30)26-17-13-7-12-16(20(27)14-8-3-1-4-9-14)18(17)19(22(26)29)21(28)25-15-10-5-2-6-11-15/h1-13,29H,(H2,24,30)(H,25,28). The van der Waals surface area contributed by atoms with Gasteiger partial charge < -0.3 is 16.2 Å². The highest BCUT2D eigenvalue weighted by atomic mass is 16.3. The summed E-state index contributed by atoms with van der Waals surface area (Å²) in [6.45, 7) is 0. The molecule has 148 valence electrons. The minimum absolute atomic E-state index is 0.149. The van der Waals surface area contributed by atoms with Gasteiger partial charge in [0.15, 0.2) is 5.78 Å². The molecule has 0 unspecified atom stereocenters. The van der Waals surface area contributed by atoms with Gasteiger partial charge in [-0.15, -0.1) is 0 Å². The molecule has 0 saturated heterocycles. The van der Waals surface area contributed by atoms with E-state index in [2.05, 4.69) is 5.32 Å². The number of carbonyl (C=O) groups is 3. The third kappa shape index (κ3) is 3.18. The molecule has 4 rings (SSSR count). The number of nitrogens with zero attached hydrogens (tertiary/aromatic N) is 1. The minimum atomic E-state index is -0.972. The first-order valence-electron chi connectivity index (χ1n) is 9.11. The Labute approximate surface area is 171 Å². The second kappa shape index (κ2) is 7.56. The van der Waals surface area contributed by atoms with Gasteiger partial charge in [0.25, 0.3) is 5.91 Å². The van der Waals surface area contributed by atoms with Gasteiger partial charge in [-0.3, -0.25) is 9.59 Å². The molecule has 1 aromatic heterocycles. The van der Waals surface area contributed by atoms with Crippen molar-refractivity contribution >= 4 is 34.3 Å². The van der Waals surface area contributed by atoms with Gasteiger partial charge in [0.2, 0.25) is 5.88 Å². The fourth-order valence-corrected chi connectivity index (χ4v) is 3.41. The topological polar surface area (TPSA) is 114 Å². The number of hydrogen-bond donors (Lipinski definition) is 3. The van der Waals surface area contributed by atoms with Crippen molar-refractivity contribution in [2.75, 3.05) is 5.32 Å². The number of benzene rings is 3. The summed E-state index contributed by atoms with van der Waals surface area (Å²) in [5, 5.41) is 13.5. The quantitative estimate of drug-likeness (QED) is 0.453. The first-order chi connectivity index (χ1) is 14.5. The molecule has 0 spiro atoms. The van der Waals surface area contributed by atoms with E-state index in [1.54, 1.807) is 72.8 Å². The Morgan fingerprint density at radius 1 is 0.833 bits per heavy atom. The first-order valence-corrected chi connectivity index (χ1v) is 9.11. The summed E-state index contributed by atoms with van der Waals surface area (Å²) in [5.74, 6) is -1.65. The molecular formula is C23H17N3O4. The number of aromatic hydroxyl groups is 1. The summed E-state index contributed by atoms with van der Waals surface area (Å²) in [4.78, 5) is 38.2. The third-order valence-electron chi connectivity index (χ3n) is 4.73. The summed E-state index contributed by atoms with van der Waals surface area (Å²) in [6, 6.07) is 20.8. The Kier molecular flexibility index (Phi) is 4.77. The molecule has 4 N–H and O–H groups in total. The number of primary amides is 1. The number of anilines is 1. The number of carbonyl (C=O) groups excluding carboxylic acids is 3. The molecule has 7 heteroatoms. The molecule has 0 atom stereocenters. The van der Waals surface area contributed by atoms with Gasteiger partial charge in [0.05, 0.1) is 5.52 Å². The molecule has 0 aliphatic heterocycles. The average molecular weight is 399 g/mol. The Balaban J connectivity index is 1.95. The normalized spacial score (nSPS) is 10.7. The van der Waals surface area contributed by atoms with E-state index in [-0.39, 0.29) is 27.8 Å². The summed E-state index contributed by atoms with van der Waals surface area (Å²) in [5.41, 5.74) is 6.47. The molecule has 0 bridgehead atoms. The predicted molar refractivity (Wildman–Crippen MR) is 113 cm³/mol. The van der Waals surface area contributed by atoms with Crippen molar-refractivity contribution in [3.8, 4) is 5.88 Å². The van der Waals surface area contributed by atoms with Crippen LogP contribution in [0, 0.1) is 0 Å². The minimum Gasteiger partial charge on any atom is -0.494 e. The number of hydrogen-bond acceptors (Lipinski definition) is 4. The van der Waals surface area contributed by atoms with Crippen LogP contribution in [0.25, 0.3) is 10.9 Å². The van der Waals surface area contributed by atoms with Crippen molar-refractivity contribution in [1.29, 1.82) is 0 Å². The van der Waals surface area contributed by atoms with Crippen molar-refractivity contribution in [2.45, 2.75) is 0 Å². The summed E-state index contributed by atoms with van der Waals surface area (Å²) in [7, 11) is 0. The maximum Gasteiger partial charge on any atom is 0.326 e. The molecule has 0 saturated carbocycles. The highest BCUT2D eigenvalue weighted by Gasteiger charge is 2.28. The van der Waals surface area contributed by atoms with Crippen LogP contribution in [-0.2, 0) is 0 Å². The van der Waals surface area contributed by atoms with Crippen LogP contribution < -0.4 is 11.1 Å². The fourth-order valence-electron chi connectivity index (χ4n) is 3.41. The maximum atomic E-state index is 13.1. The van der Waals surface area contributed by atoms with Gasteiger partial charge in [0.1, 0.15) is 5.56 Å². The smallest absolute Gasteiger partial charge is 0.326 e. The number of aromatic nitrogens is 1. The van der Waals surface area contributed by atoms with Crippen molar-refractivity contribution in [3.05, 3.63) is 95.6 Å². The van der Waals surface area contributed by atoms with Gasteiger partial charge in [-0.05, 0) is 18.2 Å². The lowest BCUT2D eigenvalue weighted by atomic mass is 9.97. The average Bonchev–Trinajstić information content (AvgIpc) is 3.06. The van der Waals surface area contributed by atoms with Crippen LogP contribution in [-0.4, -0.2) is 27.4 Å². The van der Waals surface area contributed by atoms with Crippen molar-refractivity contribution in [1.82, 2.24) is 4.57 Å². The molecule has 0 aliphatic rings. The van der Waals surface area contributed by atoms with Crippen molar-refractivity contribution in [2.24, 2.45) is 5.73 Å². The Morgan fingerprint density at radius 3 is 2.10 bits per heavy atom. The van der Waals surface area contributed by atoms with Crippen LogP contribution in [0.4, 0.5) is 10.5 Å². The Morgan fingerprint density at radius 2 is 1.47 bits per heavy atom. The number of rotatable bonds is 4. The SMILES string of the molecule is NC(=O)n1c(O)c(C(=O)Nc2ccccc2)c2c(C(=O)c3ccccc3)cccc21. The zero-order valence-electron chi connectivity index (χ0n) is 15.7. The van der Waals surface area contributed by atoms with Crippen LogP contribution in [0.2, 0.25) is 0 Å². The molecule has 1 heterocycles.